The molecule has 3 rings (SSSR count). The Kier molecular flexibility index (Phi) is 1.50. The Labute approximate surface area is 86.0 Å². The first-order valence-electron chi connectivity index (χ1n) is 4.76. The van der Waals surface area contributed by atoms with Crippen molar-refractivity contribution < 1.29 is 13.9 Å². The topological polar surface area (TPSA) is 42.2 Å². The van der Waals surface area contributed by atoms with E-state index in [-0.39, 0.29) is 12.5 Å². The van der Waals surface area contributed by atoms with Gasteiger partial charge < -0.3 is 9.47 Å². The first-order chi connectivity index (χ1) is 7.25. The fourth-order valence-corrected chi connectivity index (χ4v) is 1.83. The van der Waals surface area contributed by atoms with Gasteiger partial charge in [0.25, 0.3) is 0 Å². The summed E-state index contributed by atoms with van der Waals surface area (Å²) in [7, 11) is 0. The number of hydrogen-bond donors (Lipinski definition) is 0. The van der Waals surface area contributed by atoms with Crippen LogP contribution in [0.2, 0.25) is 0 Å². The molecule has 0 N–H and O–H groups in total. The van der Waals surface area contributed by atoms with Crippen LogP contribution in [0, 0.1) is 17.1 Å². The van der Waals surface area contributed by atoms with E-state index in [1.807, 2.05) is 0 Å². The fraction of sp³-hybridized carbons (Fsp3) is 0.364. The van der Waals surface area contributed by atoms with Crippen molar-refractivity contribution in [3.05, 3.63) is 23.5 Å². The standard InChI is InChI=1S/C11H8FNO2/c12-8-3-7(11(5-13)1-2-11)4-9-10(8)15-6-14-9/h3-4H,1-2,6H2. The molecule has 1 fully saturated rings. The first kappa shape index (κ1) is 8.54. The van der Waals surface area contributed by atoms with E-state index in [2.05, 4.69) is 6.07 Å². The molecule has 0 aromatic heterocycles. The number of rotatable bonds is 1. The molecule has 0 bridgehead atoms. The van der Waals surface area contributed by atoms with Gasteiger partial charge in [0, 0.05) is 0 Å². The highest BCUT2D eigenvalue weighted by Crippen LogP contribution is 2.50. The van der Waals surface area contributed by atoms with Crippen molar-refractivity contribution in [2.45, 2.75) is 18.3 Å². The van der Waals surface area contributed by atoms with Gasteiger partial charge in [0.2, 0.25) is 12.5 Å². The lowest BCUT2D eigenvalue weighted by Gasteiger charge is -2.07. The molecule has 3 nitrogen and oxygen atoms in total. The van der Waals surface area contributed by atoms with Gasteiger partial charge in [0.05, 0.1) is 11.5 Å². The van der Waals surface area contributed by atoms with Crippen molar-refractivity contribution >= 4 is 0 Å². The molecule has 1 aromatic carbocycles. The highest BCUT2D eigenvalue weighted by atomic mass is 19.1. The van der Waals surface area contributed by atoms with Crippen LogP contribution < -0.4 is 9.47 Å². The quantitative estimate of drug-likeness (QED) is 0.705. The molecule has 1 heterocycles. The zero-order valence-electron chi connectivity index (χ0n) is 7.92. The Hall–Kier alpha value is -1.76. The Balaban J connectivity index is 2.13. The summed E-state index contributed by atoms with van der Waals surface area (Å²) in [6, 6.07) is 5.31. The van der Waals surface area contributed by atoms with Crippen molar-refractivity contribution in [1.29, 1.82) is 5.26 Å². The monoisotopic (exact) mass is 205 g/mol. The van der Waals surface area contributed by atoms with Gasteiger partial charge in [-0.2, -0.15) is 5.26 Å². The Morgan fingerprint density at radius 2 is 2.13 bits per heavy atom. The van der Waals surface area contributed by atoms with Crippen LogP contribution in [0.1, 0.15) is 18.4 Å². The predicted molar refractivity (Wildman–Crippen MR) is 49.0 cm³/mol. The van der Waals surface area contributed by atoms with Gasteiger partial charge >= 0.3 is 0 Å². The summed E-state index contributed by atoms with van der Waals surface area (Å²) in [4.78, 5) is 0. The van der Waals surface area contributed by atoms with Gasteiger partial charge in [-0.05, 0) is 30.5 Å². The van der Waals surface area contributed by atoms with Crippen LogP contribution in [0.3, 0.4) is 0 Å². The van der Waals surface area contributed by atoms with Gasteiger partial charge in [0.1, 0.15) is 0 Å². The molecule has 15 heavy (non-hydrogen) atoms. The largest absolute Gasteiger partial charge is 0.453 e. The summed E-state index contributed by atoms with van der Waals surface area (Å²) in [5.74, 6) is 0.125. The van der Waals surface area contributed by atoms with E-state index in [1.54, 1.807) is 6.07 Å². The molecule has 1 aliphatic heterocycles. The van der Waals surface area contributed by atoms with E-state index >= 15 is 0 Å². The number of benzene rings is 1. The van der Waals surface area contributed by atoms with E-state index in [1.165, 1.54) is 6.07 Å². The molecule has 2 aliphatic rings. The zero-order chi connectivity index (χ0) is 10.5. The van der Waals surface area contributed by atoms with Crippen LogP contribution in [0.4, 0.5) is 4.39 Å². The van der Waals surface area contributed by atoms with E-state index in [0.717, 1.165) is 12.8 Å². The lowest BCUT2D eigenvalue weighted by molar-refractivity contribution is 0.171. The van der Waals surface area contributed by atoms with E-state index in [4.69, 9.17) is 14.7 Å². The summed E-state index contributed by atoms with van der Waals surface area (Å²) in [5, 5.41) is 9.00. The molecular weight excluding hydrogens is 197 g/mol. The molecule has 1 aliphatic carbocycles. The second-order valence-corrected chi connectivity index (χ2v) is 3.89. The summed E-state index contributed by atoms with van der Waals surface area (Å²) in [5.41, 5.74) is 0.216. The maximum atomic E-state index is 13.5. The van der Waals surface area contributed by atoms with Gasteiger partial charge in [-0.1, -0.05) is 0 Å². The van der Waals surface area contributed by atoms with Crippen molar-refractivity contribution in [3.8, 4) is 17.6 Å². The van der Waals surface area contributed by atoms with Crippen LogP contribution in [0.15, 0.2) is 12.1 Å². The molecule has 0 spiro atoms. The maximum absolute atomic E-state index is 13.5. The molecular formula is C11H8FNO2. The minimum atomic E-state index is -0.484. The summed E-state index contributed by atoms with van der Waals surface area (Å²) >= 11 is 0. The highest BCUT2D eigenvalue weighted by Gasteiger charge is 2.46. The molecule has 0 atom stereocenters. The van der Waals surface area contributed by atoms with Gasteiger partial charge in [-0.15, -0.1) is 0 Å². The number of ether oxygens (including phenoxy) is 2. The van der Waals surface area contributed by atoms with Crippen LogP contribution in [-0.2, 0) is 5.41 Å². The SMILES string of the molecule is N#CC1(c2cc(F)c3c(c2)OCO3)CC1. The lowest BCUT2D eigenvalue weighted by atomic mass is 9.97. The molecule has 0 unspecified atom stereocenters. The van der Waals surface area contributed by atoms with Crippen LogP contribution in [0.25, 0.3) is 0 Å². The summed E-state index contributed by atoms with van der Waals surface area (Å²) in [6.07, 6.45) is 1.59. The average Bonchev–Trinajstić information content (AvgIpc) is 2.90. The second kappa shape index (κ2) is 2.63. The van der Waals surface area contributed by atoms with Crippen LogP contribution in [0.5, 0.6) is 11.5 Å². The Morgan fingerprint density at radius 1 is 1.33 bits per heavy atom. The van der Waals surface area contributed by atoms with E-state index < -0.39 is 11.2 Å². The average molecular weight is 205 g/mol. The van der Waals surface area contributed by atoms with Crippen molar-refractivity contribution in [2.24, 2.45) is 0 Å². The lowest BCUT2D eigenvalue weighted by Crippen LogP contribution is -2.03. The third-order valence-corrected chi connectivity index (χ3v) is 2.94. The molecule has 1 aromatic rings. The van der Waals surface area contributed by atoms with Crippen LogP contribution in [-0.4, -0.2) is 6.79 Å². The zero-order valence-corrected chi connectivity index (χ0v) is 7.92. The predicted octanol–water partition coefficient (Wildman–Crippen LogP) is 2.11. The minimum Gasteiger partial charge on any atom is -0.453 e. The van der Waals surface area contributed by atoms with E-state index in [9.17, 15) is 4.39 Å². The number of fused-ring (bicyclic) bond motifs is 1. The van der Waals surface area contributed by atoms with Gasteiger partial charge in [0.15, 0.2) is 11.6 Å². The highest BCUT2D eigenvalue weighted by molar-refractivity contribution is 5.51. The normalized spacial score (nSPS) is 19.7. The van der Waals surface area contributed by atoms with E-state index in [0.29, 0.717) is 11.3 Å². The summed E-state index contributed by atoms with van der Waals surface area (Å²) < 4.78 is 23.6. The third kappa shape index (κ3) is 1.09. The van der Waals surface area contributed by atoms with Crippen molar-refractivity contribution in [3.63, 3.8) is 0 Å². The van der Waals surface area contributed by atoms with Gasteiger partial charge in [-0.3, -0.25) is 0 Å². The van der Waals surface area contributed by atoms with Gasteiger partial charge in [-0.25, -0.2) is 4.39 Å². The minimum absolute atomic E-state index is 0.0509. The number of halogens is 1. The molecule has 1 saturated carbocycles. The second-order valence-electron chi connectivity index (χ2n) is 3.89. The molecule has 0 saturated heterocycles. The number of nitriles is 1. The maximum Gasteiger partial charge on any atom is 0.231 e. The molecule has 0 amide bonds. The molecule has 4 heteroatoms. The first-order valence-corrected chi connectivity index (χ1v) is 4.76. The number of hydrogen-bond acceptors (Lipinski definition) is 3. The Morgan fingerprint density at radius 3 is 2.80 bits per heavy atom. The Bertz CT molecular complexity index is 474. The van der Waals surface area contributed by atoms with Crippen molar-refractivity contribution in [1.82, 2.24) is 0 Å². The van der Waals surface area contributed by atoms with Crippen molar-refractivity contribution in [2.75, 3.05) is 6.79 Å². The summed E-state index contributed by atoms with van der Waals surface area (Å²) in [6.45, 7) is 0.0509. The number of nitrogens with zero attached hydrogens (tertiary/aromatic N) is 1. The smallest absolute Gasteiger partial charge is 0.231 e. The third-order valence-electron chi connectivity index (χ3n) is 2.94. The van der Waals surface area contributed by atoms with Crippen LogP contribution >= 0.6 is 0 Å². The fourth-order valence-electron chi connectivity index (χ4n) is 1.83. The molecule has 76 valence electrons. The molecule has 0 radical (unpaired) electrons.